The topological polar surface area (TPSA) is 106 Å². The highest BCUT2D eigenvalue weighted by atomic mass is 32.2. The van der Waals surface area contributed by atoms with E-state index in [0.717, 1.165) is 59.9 Å². The SMILES string of the molecule is Cc1cc(C(=O)N2Cc3cnn(C)c3Nc3ccccc32)ccc1CNC(=O)N1CSC[C@H]1C(=O)N1CCCN(C)CC1. The Morgan fingerprint density at radius 3 is 2.74 bits per heavy atom. The van der Waals surface area contributed by atoms with Gasteiger partial charge in [0.25, 0.3) is 5.91 Å². The number of carbonyl (C=O) groups excluding carboxylic acids is 3. The van der Waals surface area contributed by atoms with Gasteiger partial charge in [0.2, 0.25) is 5.91 Å². The molecule has 0 radical (unpaired) electrons. The summed E-state index contributed by atoms with van der Waals surface area (Å²) in [6.45, 7) is 5.90. The average molecular weight is 603 g/mol. The van der Waals surface area contributed by atoms with E-state index >= 15 is 0 Å². The van der Waals surface area contributed by atoms with Crippen molar-refractivity contribution < 1.29 is 14.4 Å². The predicted octanol–water partition coefficient (Wildman–Crippen LogP) is 3.38. The average Bonchev–Trinajstić information content (AvgIpc) is 3.51. The molecule has 6 rings (SSSR count). The number of hydrogen-bond donors (Lipinski definition) is 2. The van der Waals surface area contributed by atoms with E-state index in [2.05, 4.69) is 27.7 Å². The first kappa shape index (κ1) is 29.1. The quantitative estimate of drug-likeness (QED) is 0.472. The van der Waals surface area contributed by atoms with Crippen LogP contribution in [0.15, 0.2) is 48.7 Å². The monoisotopic (exact) mass is 602 g/mol. The number of aryl methyl sites for hydroxylation is 2. The maximum Gasteiger partial charge on any atom is 0.319 e. The van der Waals surface area contributed by atoms with Crippen molar-refractivity contribution in [3.63, 3.8) is 0 Å². The normalized spacial score (nSPS) is 18.8. The number of carbonyl (C=O) groups is 3. The number of fused-ring (bicyclic) bond motifs is 2. The van der Waals surface area contributed by atoms with Crippen molar-refractivity contribution in [3.8, 4) is 0 Å². The number of likely N-dealkylation sites (N-methyl/N-ethyl adjacent to an activating group) is 1. The summed E-state index contributed by atoms with van der Waals surface area (Å²) >= 11 is 1.61. The van der Waals surface area contributed by atoms with Gasteiger partial charge in [0.15, 0.2) is 0 Å². The minimum Gasteiger partial charge on any atom is -0.340 e. The van der Waals surface area contributed by atoms with Gasteiger partial charge < -0.3 is 30.2 Å². The van der Waals surface area contributed by atoms with E-state index in [1.807, 2.05) is 61.3 Å². The van der Waals surface area contributed by atoms with Gasteiger partial charge in [-0.15, -0.1) is 11.8 Å². The zero-order chi connectivity index (χ0) is 30.1. The second kappa shape index (κ2) is 12.3. The van der Waals surface area contributed by atoms with Gasteiger partial charge in [-0.05, 0) is 62.3 Å². The maximum atomic E-state index is 13.9. The molecule has 226 valence electrons. The van der Waals surface area contributed by atoms with Crippen LogP contribution in [0.5, 0.6) is 0 Å². The van der Waals surface area contributed by atoms with Gasteiger partial charge in [-0.3, -0.25) is 14.3 Å². The number of aromatic nitrogens is 2. The number of amides is 4. The van der Waals surface area contributed by atoms with Gasteiger partial charge in [-0.25, -0.2) is 4.79 Å². The maximum absolute atomic E-state index is 13.9. The highest BCUT2D eigenvalue weighted by Crippen LogP contribution is 2.36. The summed E-state index contributed by atoms with van der Waals surface area (Å²) in [7, 11) is 3.95. The molecule has 2 N–H and O–H groups in total. The number of nitrogens with one attached hydrogen (secondary N) is 2. The minimum atomic E-state index is -0.444. The molecule has 2 saturated heterocycles. The Morgan fingerprint density at radius 1 is 1.07 bits per heavy atom. The molecule has 2 fully saturated rings. The standard InChI is InChI=1S/C31H38N8O3S/c1-21-15-22(29(40)38-18-24-17-33-36(3)28(24)34-25-7-4-5-8-26(25)38)9-10-23(21)16-32-31(42)39-20-43-19-27(39)30(41)37-12-6-11-35(2)13-14-37/h4-5,7-10,15,17,27,34H,6,11-14,16,18-20H2,1-3H3,(H,32,42)/t27-/m0/s1. The summed E-state index contributed by atoms with van der Waals surface area (Å²) in [5.74, 6) is 1.90. The third kappa shape index (κ3) is 5.94. The van der Waals surface area contributed by atoms with E-state index in [-0.39, 0.29) is 17.8 Å². The van der Waals surface area contributed by atoms with Crippen LogP contribution in [0.4, 0.5) is 22.0 Å². The van der Waals surface area contributed by atoms with Crippen LogP contribution in [0.25, 0.3) is 0 Å². The Balaban J connectivity index is 1.12. The predicted molar refractivity (Wildman–Crippen MR) is 169 cm³/mol. The lowest BCUT2D eigenvalue weighted by Gasteiger charge is -2.29. The van der Waals surface area contributed by atoms with Gasteiger partial charge >= 0.3 is 6.03 Å². The zero-order valence-corrected chi connectivity index (χ0v) is 25.7. The van der Waals surface area contributed by atoms with Crippen molar-refractivity contribution in [2.75, 3.05) is 55.1 Å². The first-order valence-electron chi connectivity index (χ1n) is 14.7. The molecule has 3 aromatic rings. The summed E-state index contributed by atoms with van der Waals surface area (Å²) in [5.41, 5.74) is 4.98. The number of thioether (sulfide) groups is 1. The van der Waals surface area contributed by atoms with E-state index in [9.17, 15) is 14.4 Å². The number of para-hydroxylation sites is 2. The lowest BCUT2D eigenvalue weighted by Crippen LogP contribution is -2.52. The van der Waals surface area contributed by atoms with Crippen molar-refractivity contribution >= 4 is 46.8 Å². The second-order valence-corrected chi connectivity index (χ2v) is 12.4. The summed E-state index contributed by atoms with van der Waals surface area (Å²) in [4.78, 5) is 48.0. The molecular weight excluding hydrogens is 564 g/mol. The Bertz CT molecular complexity index is 1540. The molecule has 0 aliphatic carbocycles. The molecule has 12 heteroatoms. The van der Waals surface area contributed by atoms with Crippen LogP contribution in [0.3, 0.4) is 0 Å². The van der Waals surface area contributed by atoms with Gasteiger partial charge in [-0.2, -0.15) is 5.10 Å². The highest BCUT2D eigenvalue weighted by molar-refractivity contribution is 7.99. The molecule has 0 unspecified atom stereocenters. The molecular formula is C31H38N8O3S. The van der Waals surface area contributed by atoms with E-state index < -0.39 is 6.04 Å². The molecule has 2 aromatic carbocycles. The second-order valence-electron chi connectivity index (χ2n) is 11.4. The molecule has 3 aliphatic heterocycles. The molecule has 4 amide bonds. The molecule has 0 spiro atoms. The largest absolute Gasteiger partial charge is 0.340 e. The number of nitrogens with zero attached hydrogens (tertiary/aromatic N) is 6. The van der Waals surface area contributed by atoms with Crippen molar-refractivity contribution in [2.45, 2.75) is 32.5 Å². The summed E-state index contributed by atoms with van der Waals surface area (Å²) in [6, 6.07) is 12.7. The zero-order valence-electron chi connectivity index (χ0n) is 24.9. The van der Waals surface area contributed by atoms with Gasteiger partial charge in [-0.1, -0.05) is 18.2 Å². The number of rotatable bonds is 4. The van der Waals surface area contributed by atoms with Crippen molar-refractivity contribution in [2.24, 2.45) is 7.05 Å². The Morgan fingerprint density at radius 2 is 1.91 bits per heavy atom. The van der Waals surface area contributed by atoms with Crippen LogP contribution in [0, 0.1) is 6.92 Å². The Hall–Kier alpha value is -4.03. The molecule has 1 aromatic heterocycles. The number of hydrogen-bond acceptors (Lipinski definition) is 7. The Labute approximate surface area is 256 Å². The molecule has 3 aliphatic rings. The minimum absolute atomic E-state index is 0.0400. The van der Waals surface area contributed by atoms with Crippen LogP contribution in [-0.4, -0.2) is 93.2 Å². The molecule has 11 nitrogen and oxygen atoms in total. The van der Waals surface area contributed by atoms with Crippen molar-refractivity contribution in [3.05, 3.63) is 70.9 Å². The summed E-state index contributed by atoms with van der Waals surface area (Å²) in [6.07, 6.45) is 2.73. The van der Waals surface area contributed by atoms with E-state index in [1.165, 1.54) is 0 Å². The van der Waals surface area contributed by atoms with Crippen molar-refractivity contribution in [1.82, 2.24) is 29.8 Å². The fourth-order valence-corrected chi connectivity index (χ4v) is 7.06. The number of benzene rings is 2. The van der Waals surface area contributed by atoms with E-state index in [1.54, 1.807) is 32.4 Å². The van der Waals surface area contributed by atoms with Crippen molar-refractivity contribution in [1.29, 1.82) is 0 Å². The smallest absolute Gasteiger partial charge is 0.319 e. The lowest BCUT2D eigenvalue weighted by molar-refractivity contribution is -0.134. The van der Waals surface area contributed by atoms with Gasteiger partial charge in [0, 0.05) is 50.1 Å². The van der Waals surface area contributed by atoms with Crippen LogP contribution in [0.2, 0.25) is 0 Å². The third-order valence-electron chi connectivity index (χ3n) is 8.52. The first-order valence-corrected chi connectivity index (χ1v) is 15.8. The fourth-order valence-electron chi connectivity index (χ4n) is 5.92. The van der Waals surface area contributed by atoms with Crippen LogP contribution >= 0.6 is 11.8 Å². The fraction of sp³-hybridized carbons (Fsp3) is 0.419. The number of urea groups is 1. The number of anilines is 3. The summed E-state index contributed by atoms with van der Waals surface area (Å²) < 4.78 is 1.78. The van der Waals surface area contributed by atoms with E-state index in [4.69, 9.17) is 0 Å². The lowest BCUT2D eigenvalue weighted by atomic mass is 10.0. The Kier molecular flexibility index (Phi) is 8.31. The molecule has 43 heavy (non-hydrogen) atoms. The van der Waals surface area contributed by atoms with Crippen LogP contribution in [0.1, 0.15) is 33.5 Å². The highest BCUT2D eigenvalue weighted by Gasteiger charge is 2.37. The van der Waals surface area contributed by atoms with Crippen LogP contribution < -0.4 is 15.5 Å². The van der Waals surface area contributed by atoms with E-state index in [0.29, 0.717) is 36.8 Å². The van der Waals surface area contributed by atoms with Crippen LogP contribution in [-0.2, 0) is 24.9 Å². The molecule has 0 bridgehead atoms. The molecule has 0 saturated carbocycles. The first-order chi connectivity index (χ1) is 20.8. The third-order valence-corrected chi connectivity index (χ3v) is 9.53. The summed E-state index contributed by atoms with van der Waals surface area (Å²) in [5, 5.41) is 10.8. The molecule has 4 heterocycles. The molecule has 1 atom stereocenters. The van der Waals surface area contributed by atoms with Gasteiger partial charge in [0.1, 0.15) is 11.9 Å². The van der Waals surface area contributed by atoms with Gasteiger partial charge in [0.05, 0.1) is 30.0 Å².